The Morgan fingerprint density at radius 2 is 1.72 bits per heavy atom. The van der Waals surface area contributed by atoms with Gasteiger partial charge in [-0.3, -0.25) is 9.59 Å². The second-order valence-corrected chi connectivity index (χ2v) is 10.5. The van der Waals surface area contributed by atoms with E-state index in [0.29, 0.717) is 22.6 Å². The second kappa shape index (κ2) is 11.6. The number of methoxy groups -OCH3 is 2. The molecule has 204 valence electrons. The van der Waals surface area contributed by atoms with Gasteiger partial charge in [0, 0.05) is 17.6 Å². The quantitative estimate of drug-likeness (QED) is 0.344. The van der Waals surface area contributed by atoms with Gasteiger partial charge in [0.25, 0.3) is 0 Å². The number of carbonyl (C=O) groups excluding carboxylic acids is 2. The first kappa shape index (κ1) is 27.6. The van der Waals surface area contributed by atoms with Gasteiger partial charge in [-0.1, -0.05) is 47.2 Å². The maximum Gasteiger partial charge on any atom is 0.248 e. The molecule has 0 aliphatic rings. The van der Waals surface area contributed by atoms with Crippen LogP contribution in [0.25, 0.3) is 11.0 Å². The Balaban J connectivity index is 1.84. The standard InChI is InChI=1S/C30H35N5O4/c1-20-11-13-21(14-12-20)18-34(27(36)19-35-25-10-8-7-9-24(25)32-33-35)28(29(37)31-30(2,3)4)23-17-22(38-5)15-16-26(23)39-6/h7-17,28H,18-19H2,1-6H3,(H,31,37). The van der Waals surface area contributed by atoms with Crippen molar-refractivity contribution < 1.29 is 19.1 Å². The zero-order chi connectivity index (χ0) is 28.2. The van der Waals surface area contributed by atoms with E-state index in [1.54, 1.807) is 34.9 Å². The smallest absolute Gasteiger partial charge is 0.248 e. The van der Waals surface area contributed by atoms with Crippen molar-refractivity contribution in [2.24, 2.45) is 0 Å². The number of hydrogen-bond donors (Lipinski definition) is 1. The first-order chi connectivity index (χ1) is 18.6. The third-order valence-corrected chi connectivity index (χ3v) is 6.29. The number of amides is 2. The fourth-order valence-corrected chi connectivity index (χ4v) is 4.41. The number of aryl methyl sites for hydroxylation is 1. The van der Waals surface area contributed by atoms with Crippen molar-refractivity contribution in [3.8, 4) is 11.5 Å². The fourth-order valence-electron chi connectivity index (χ4n) is 4.41. The van der Waals surface area contributed by atoms with Gasteiger partial charge in [-0.2, -0.15) is 0 Å². The average Bonchev–Trinajstić information content (AvgIpc) is 3.31. The zero-order valence-corrected chi connectivity index (χ0v) is 23.3. The Morgan fingerprint density at radius 1 is 1.00 bits per heavy atom. The van der Waals surface area contributed by atoms with E-state index < -0.39 is 11.6 Å². The van der Waals surface area contributed by atoms with Gasteiger partial charge in [-0.15, -0.1) is 5.10 Å². The molecule has 39 heavy (non-hydrogen) atoms. The van der Waals surface area contributed by atoms with E-state index in [0.717, 1.165) is 16.6 Å². The Morgan fingerprint density at radius 3 is 2.38 bits per heavy atom. The maximum atomic E-state index is 14.1. The largest absolute Gasteiger partial charge is 0.497 e. The number of ether oxygens (including phenoxy) is 2. The minimum atomic E-state index is -1.02. The number of nitrogens with zero attached hydrogens (tertiary/aromatic N) is 4. The summed E-state index contributed by atoms with van der Waals surface area (Å²) in [6.07, 6.45) is 0. The predicted molar refractivity (Wildman–Crippen MR) is 149 cm³/mol. The predicted octanol–water partition coefficient (Wildman–Crippen LogP) is 4.44. The molecule has 0 aliphatic carbocycles. The monoisotopic (exact) mass is 529 g/mol. The topological polar surface area (TPSA) is 98.6 Å². The van der Waals surface area contributed by atoms with Crippen LogP contribution < -0.4 is 14.8 Å². The van der Waals surface area contributed by atoms with Gasteiger partial charge in [0.2, 0.25) is 11.8 Å². The molecular weight excluding hydrogens is 494 g/mol. The van der Waals surface area contributed by atoms with Crippen molar-refractivity contribution in [1.29, 1.82) is 0 Å². The minimum absolute atomic E-state index is 0.0992. The first-order valence-electron chi connectivity index (χ1n) is 12.8. The molecule has 1 N–H and O–H groups in total. The Labute approximate surface area is 228 Å². The number of carbonyl (C=O) groups is 2. The zero-order valence-electron chi connectivity index (χ0n) is 23.3. The van der Waals surface area contributed by atoms with Crippen LogP contribution in [0.1, 0.15) is 43.5 Å². The summed E-state index contributed by atoms with van der Waals surface area (Å²) in [7, 11) is 3.10. The Kier molecular flexibility index (Phi) is 8.18. The van der Waals surface area contributed by atoms with Crippen LogP contribution in [0.5, 0.6) is 11.5 Å². The van der Waals surface area contributed by atoms with E-state index in [9.17, 15) is 9.59 Å². The van der Waals surface area contributed by atoms with Crippen LogP contribution >= 0.6 is 0 Å². The molecule has 1 aromatic heterocycles. The van der Waals surface area contributed by atoms with Crippen molar-refractivity contribution in [2.45, 2.75) is 52.4 Å². The highest BCUT2D eigenvalue weighted by Crippen LogP contribution is 2.35. The molecule has 2 amide bonds. The molecule has 9 heteroatoms. The number of fused-ring (bicyclic) bond motifs is 1. The van der Waals surface area contributed by atoms with Crippen molar-refractivity contribution in [3.05, 3.63) is 83.4 Å². The van der Waals surface area contributed by atoms with Crippen molar-refractivity contribution in [3.63, 3.8) is 0 Å². The van der Waals surface area contributed by atoms with Crippen molar-refractivity contribution in [2.75, 3.05) is 14.2 Å². The molecule has 9 nitrogen and oxygen atoms in total. The molecule has 1 atom stereocenters. The van der Waals surface area contributed by atoms with E-state index in [4.69, 9.17) is 9.47 Å². The van der Waals surface area contributed by atoms with E-state index >= 15 is 0 Å². The molecule has 0 fully saturated rings. The number of para-hydroxylation sites is 1. The molecule has 1 heterocycles. The van der Waals surface area contributed by atoms with Crippen molar-refractivity contribution >= 4 is 22.8 Å². The summed E-state index contributed by atoms with van der Waals surface area (Å²) in [4.78, 5) is 29.7. The maximum absolute atomic E-state index is 14.1. The molecule has 4 aromatic rings. The summed E-state index contributed by atoms with van der Waals surface area (Å²) >= 11 is 0. The number of nitrogens with one attached hydrogen (secondary N) is 1. The molecule has 3 aromatic carbocycles. The van der Waals surface area contributed by atoms with Gasteiger partial charge in [0.15, 0.2) is 0 Å². The molecule has 0 saturated heterocycles. The average molecular weight is 530 g/mol. The molecule has 0 radical (unpaired) electrons. The van der Waals surface area contributed by atoms with Crippen LogP contribution in [0.15, 0.2) is 66.7 Å². The molecular formula is C30H35N5O4. The normalized spacial score (nSPS) is 12.2. The van der Waals surface area contributed by atoms with Gasteiger partial charge in [0.1, 0.15) is 29.6 Å². The summed E-state index contributed by atoms with van der Waals surface area (Å²) in [5, 5.41) is 11.5. The number of rotatable bonds is 9. The highest BCUT2D eigenvalue weighted by Gasteiger charge is 2.36. The van der Waals surface area contributed by atoms with Crippen molar-refractivity contribution in [1.82, 2.24) is 25.2 Å². The Hall–Kier alpha value is -4.40. The molecule has 1 unspecified atom stereocenters. The van der Waals surface area contributed by atoms with Crippen LogP contribution in [0.4, 0.5) is 0 Å². The molecule has 0 saturated carbocycles. The summed E-state index contributed by atoms with van der Waals surface area (Å²) in [5.41, 5.74) is 3.38. The second-order valence-electron chi connectivity index (χ2n) is 10.5. The summed E-state index contributed by atoms with van der Waals surface area (Å²) in [6.45, 7) is 7.80. The van der Waals surface area contributed by atoms with Gasteiger partial charge in [-0.05, 0) is 63.6 Å². The molecule has 0 bridgehead atoms. The number of benzene rings is 3. The molecule has 0 spiro atoms. The lowest BCUT2D eigenvalue weighted by molar-refractivity contribution is -0.142. The third kappa shape index (κ3) is 6.54. The van der Waals surface area contributed by atoms with Gasteiger partial charge < -0.3 is 19.7 Å². The molecule has 0 aliphatic heterocycles. The van der Waals surface area contributed by atoms with E-state index in [2.05, 4.69) is 15.6 Å². The number of hydrogen-bond acceptors (Lipinski definition) is 6. The lowest BCUT2D eigenvalue weighted by Gasteiger charge is -2.34. The molecule has 4 rings (SSSR count). The van der Waals surface area contributed by atoms with Crippen LogP contribution in [0, 0.1) is 6.92 Å². The lowest BCUT2D eigenvalue weighted by atomic mass is 9.99. The summed E-state index contributed by atoms with van der Waals surface area (Å²) in [6, 6.07) is 19.6. The summed E-state index contributed by atoms with van der Waals surface area (Å²) in [5.74, 6) is 0.380. The van der Waals surface area contributed by atoms with Crippen LogP contribution in [-0.4, -0.2) is 51.5 Å². The van der Waals surface area contributed by atoms with E-state index in [1.165, 1.54) is 7.11 Å². The highest BCUT2D eigenvalue weighted by atomic mass is 16.5. The van der Waals surface area contributed by atoms with E-state index in [-0.39, 0.29) is 24.9 Å². The lowest BCUT2D eigenvalue weighted by Crippen LogP contribution is -2.49. The fraction of sp³-hybridized carbons (Fsp3) is 0.333. The Bertz CT molecular complexity index is 1460. The van der Waals surface area contributed by atoms with E-state index in [1.807, 2.05) is 76.2 Å². The van der Waals surface area contributed by atoms with Gasteiger partial charge >= 0.3 is 0 Å². The third-order valence-electron chi connectivity index (χ3n) is 6.29. The van der Waals surface area contributed by atoms with Gasteiger partial charge in [0.05, 0.1) is 19.7 Å². The summed E-state index contributed by atoms with van der Waals surface area (Å²) < 4.78 is 12.7. The van der Waals surface area contributed by atoms with Gasteiger partial charge in [-0.25, -0.2) is 4.68 Å². The van der Waals surface area contributed by atoms with Crippen LogP contribution in [0.2, 0.25) is 0 Å². The number of aromatic nitrogens is 3. The highest BCUT2D eigenvalue weighted by molar-refractivity contribution is 5.90. The first-order valence-corrected chi connectivity index (χ1v) is 12.8. The minimum Gasteiger partial charge on any atom is -0.497 e. The van der Waals surface area contributed by atoms with Crippen LogP contribution in [-0.2, 0) is 22.7 Å². The van der Waals surface area contributed by atoms with Crippen LogP contribution in [0.3, 0.4) is 0 Å². The SMILES string of the molecule is COc1ccc(OC)c(C(C(=O)NC(C)(C)C)N(Cc2ccc(C)cc2)C(=O)Cn2nnc3ccccc32)c1.